The number of benzene rings is 1. The Balaban J connectivity index is 2.15. The Kier molecular flexibility index (Phi) is 2.05. The minimum Gasteiger partial charge on any atom is -0.490 e. The van der Waals surface area contributed by atoms with Crippen LogP contribution in [0.2, 0.25) is 0 Å². The first-order valence-electron chi connectivity index (χ1n) is 3.79. The lowest BCUT2D eigenvalue weighted by Crippen LogP contribution is -1.95. The van der Waals surface area contributed by atoms with Gasteiger partial charge in [0.2, 0.25) is 0 Å². The lowest BCUT2D eigenvalue weighted by molar-refractivity contribution is 0.302. The summed E-state index contributed by atoms with van der Waals surface area (Å²) in [5.74, 6) is 0.309. The predicted molar refractivity (Wildman–Crippen MR) is 46.6 cm³/mol. The zero-order valence-electron chi connectivity index (χ0n) is 6.31. The van der Waals surface area contributed by atoms with Crippen molar-refractivity contribution in [2.24, 2.45) is 0 Å². The fraction of sp³-hybridized carbons (Fsp3) is 0.333. The summed E-state index contributed by atoms with van der Waals surface area (Å²) < 4.78 is 18.6. The molecular weight excluding hydrogens is 223 g/mol. The molecule has 1 aliphatic rings. The highest BCUT2D eigenvalue weighted by molar-refractivity contribution is 9.10. The van der Waals surface area contributed by atoms with Crippen molar-refractivity contribution in [2.75, 3.05) is 0 Å². The van der Waals surface area contributed by atoms with E-state index in [4.69, 9.17) is 4.74 Å². The number of hydrogen-bond donors (Lipinski definition) is 0. The van der Waals surface area contributed by atoms with Crippen LogP contribution < -0.4 is 4.74 Å². The second-order valence-electron chi connectivity index (χ2n) is 2.81. The van der Waals surface area contributed by atoms with Crippen LogP contribution in [0.4, 0.5) is 4.39 Å². The molecule has 0 atom stereocenters. The number of rotatable bonds is 2. The highest BCUT2D eigenvalue weighted by atomic mass is 79.9. The summed E-state index contributed by atoms with van der Waals surface area (Å²) in [6, 6.07) is 5.61. The van der Waals surface area contributed by atoms with E-state index in [2.05, 4.69) is 22.0 Å². The van der Waals surface area contributed by atoms with Crippen LogP contribution in [0.3, 0.4) is 0 Å². The van der Waals surface area contributed by atoms with Gasteiger partial charge < -0.3 is 4.74 Å². The van der Waals surface area contributed by atoms with Crippen molar-refractivity contribution >= 4 is 15.9 Å². The highest BCUT2D eigenvalue weighted by Crippen LogP contribution is 2.28. The van der Waals surface area contributed by atoms with Gasteiger partial charge in [-0.1, -0.05) is 0 Å². The van der Waals surface area contributed by atoms with Gasteiger partial charge >= 0.3 is 0 Å². The third-order valence-corrected chi connectivity index (χ3v) is 2.25. The molecule has 3 heteroatoms. The zero-order chi connectivity index (χ0) is 8.55. The van der Waals surface area contributed by atoms with Gasteiger partial charge in [-0.25, -0.2) is 4.39 Å². The summed E-state index contributed by atoms with van der Waals surface area (Å²) in [7, 11) is 0. The van der Waals surface area contributed by atoms with Crippen LogP contribution in [-0.2, 0) is 0 Å². The average Bonchev–Trinajstić information content (AvgIpc) is 2.81. The van der Waals surface area contributed by atoms with Gasteiger partial charge in [-0.2, -0.15) is 0 Å². The largest absolute Gasteiger partial charge is 0.490 e. The summed E-state index contributed by atoms with van der Waals surface area (Å²) in [5, 5.41) is 0. The number of ether oxygens (including phenoxy) is 1. The molecule has 2 rings (SSSR count). The summed E-state index contributed by atoms with van der Waals surface area (Å²) in [6.07, 6.45) is 2.53. The second kappa shape index (κ2) is 3.05. The Bertz CT molecular complexity index is 297. The molecule has 0 aliphatic heterocycles. The minimum absolute atomic E-state index is 0.307. The van der Waals surface area contributed by atoms with Crippen molar-refractivity contribution in [1.82, 2.24) is 0 Å². The first-order chi connectivity index (χ1) is 5.75. The van der Waals surface area contributed by atoms with Gasteiger partial charge in [-0.05, 0) is 40.9 Å². The Labute approximate surface area is 78.7 Å². The van der Waals surface area contributed by atoms with Crippen LogP contribution in [0.15, 0.2) is 16.6 Å². The molecule has 0 N–H and O–H groups in total. The fourth-order valence-corrected chi connectivity index (χ4v) is 1.19. The normalized spacial score (nSPS) is 16.2. The molecule has 1 aliphatic carbocycles. The molecule has 1 aromatic rings. The maximum absolute atomic E-state index is 12.7. The van der Waals surface area contributed by atoms with Gasteiger partial charge in [0.05, 0.1) is 10.6 Å². The molecule has 1 fully saturated rings. The maximum Gasteiger partial charge on any atom is 0.138 e. The van der Waals surface area contributed by atoms with Crippen LogP contribution >= 0.6 is 15.9 Å². The first kappa shape index (κ1) is 8.05. The van der Waals surface area contributed by atoms with E-state index in [0.29, 0.717) is 16.3 Å². The molecule has 0 saturated heterocycles. The Morgan fingerprint density at radius 3 is 2.92 bits per heavy atom. The molecule has 0 aromatic heterocycles. The van der Waals surface area contributed by atoms with Crippen LogP contribution in [-0.4, -0.2) is 6.10 Å². The molecule has 1 aromatic carbocycles. The van der Waals surface area contributed by atoms with Crippen molar-refractivity contribution in [3.05, 3.63) is 28.5 Å². The van der Waals surface area contributed by atoms with Gasteiger partial charge in [0.1, 0.15) is 11.6 Å². The number of halogens is 2. The lowest BCUT2D eigenvalue weighted by Gasteiger charge is -2.03. The second-order valence-corrected chi connectivity index (χ2v) is 3.66. The van der Waals surface area contributed by atoms with Crippen molar-refractivity contribution < 1.29 is 9.13 Å². The van der Waals surface area contributed by atoms with Crippen LogP contribution in [0.5, 0.6) is 5.75 Å². The van der Waals surface area contributed by atoms with E-state index in [0.717, 1.165) is 12.8 Å². The van der Waals surface area contributed by atoms with Crippen molar-refractivity contribution in [2.45, 2.75) is 18.9 Å². The molecule has 0 spiro atoms. The summed E-state index contributed by atoms with van der Waals surface area (Å²) in [5.41, 5.74) is 0. The Morgan fingerprint density at radius 2 is 2.33 bits per heavy atom. The molecule has 1 radical (unpaired) electrons. The molecule has 0 bridgehead atoms. The van der Waals surface area contributed by atoms with Crippen LogP contribution in [0, 0.1) is 11.9 Å². The van der Waals surface area contributed by atoms with Gasteiger partial charge in [0, 0.05) is 6.07 Å². The molecule has 0 heterocycles. The van der Waals surface area contributed by atoms with E-state index in [1.54, 1.807) is 6.07 Å². The third kappa shape index (κ3) is 1.78. The SMILES string of the molecule is Fc1c[c]c(OC2CC2)cc1Br. The van der Waals surface area contributed by atoms with Crippen molar-refractivity contribution in [1.29, 1.82) is 0 Å². The van der Waals surface area contributed by atoms with Crippen LogP contribution in [0.25, 0.3) is 0 Å². The van der Waals surface area contributed by atoms with E-state index in [1.165, 1.54) is 6.07 Å². The molecule has 12 heavy (non-hydrogen) atoms. The van der Waals surface area contributed by atoms with Gasteiger partial charge in [0.15, 0.2) is 0 Å². The van der Waals surface area contributed by atoms with Gasteiger partial charge in [-0.15, -0.1) is 0 Å². The van der Waals surface area contributed by atoms with Crippen molar-refractivity contribution in [3.8, 4) is 5.75 Å². The smallest absolute Gasteiger partial charge is 0.138 e. The monoisotopic (exact) mass is 229 g/mol. The first-order valence-corrected chi connectivity index (χ1v) is 4.58. The van der Waals surface area contributed by atoms with E-state index in [1.807, 2.05) is 0 Å². The van der Waals surface area contributed by atoms with Crippen LogP contribution in [0.1, 0.15) is 12.8 Å². The van der Waals surface area contributed by atoms with E-state index < -0.39 is 0 Å². The molecule has 1 nitrogen and oxygen atoms in total. The Morgan fingerprint density at radius 1 is 1.58 bits per heavy atom. The summed E-state index contributed by atoms with van der Waals surface area (Å²) >= 11 is 3.08. The summed E-state index contributed by atoms with van der Waals surface area (Å²) in [6.45, 7) is 0. The molecular formula is C9H7BrFO. The Hall–Kier alpha value is -0.570. The minimum atomic E-state index is -0.307. The van der Waals surface area contributed by atoms with E-state index >= 15 is 0 Å². The maximum atomic E-state index is 12.7. The molecule has 0 amide bonds. The lowest BCUT2D eigenvalue weighted by atomic mass is 10.3. The molecule has 63 valence electrons. The predicted octanol–water partition coefficient (Wildman–Crippen LogP) is 2.93. The zero-order valence-corrected chi connectivity index (χ0v) is 7.90. The fourth-order valence-electron chi connectivity index (χ4n) is 0.863. The highest BCUT2D eigenvalue weighted by Gasteiger charge is 2.23. The van der Waals surface area contributed by atoms with Gasteiger partial charge in [-0.3, -0.25) is 0 Å². The number of hydrogen-bond acceptors (Lipinski definition) is 1. The standard InChI is InChI=1S/C9H7BrFO/c10-8-5-7(3-4-9(8)11)12-6-1-2-6/h4-6H,1-2H2. The van der Waals surface area contributed by atoms with E-state index in [9.17, 15) is 4.39 Å². The van der Waals surface area contributed by atoms with Gasteiger partial charge in [0.25, 0.3) is 0 Å². The molecule has 0 unspecified atom stereocenters. The summed E-state index contributed by atoms with van der Waals surface area (Å²) in [4.78, 5) is 0. The van der Waals surface area contributed by atoms with Crippen molar-refractivity contribution in [3.63, 3.8) is 0 Å². The topological polar surface area (TPSA) is 9.23 Å². The third-order valence-electron chi connectivity index (χ3n) is 1.65. The molecule has 1 saturated carbocycles. The quantitative estimate of drug-likeness (QED) is 0.758. The van der Waals surface area contributed by atoms with E-state index in [-0.39, 0.29) is 5.82 Å². The average molecular weight is 230 g/mol.